The van der Waals surface area contributed by atoms with Gasteiger partial charge >= 0.3 is 0 Å². The third-order valence-electron chi connectivity index (χ3n) is 4.96. The maximum absolute atomic E-state index is 4.80. The minimum atomic E-state index is 0.482. The van der Waals surface area contributed by atoms with Crippen LogP contribution >= 0.6 is 0 Å². The molecule has 2 aromatic carbocycles. The standard InChI is InChI=1S/C22H24N4/c1-26(19-14-6-3-7-15-19)21-16-20(17-10-4-2-5-11-17)24-22(25-21)23-18-12-8-9-13-18/h2-7,10-11,14-16,18H,8-9,12-13H2,1H3,(H,23,24,25). The molecular formula is C22H24N4. The maximum atomic E-state index is 4.80. The zero-order valence-corrected chi connectivity index (χ0v) is 15.1. The molecule has 4 heteroatoms. The number of anilines is 3. The molecule has 1 heterocycles. The third kappa shape index (κ3) is 3.69. The van der Waals surface area contributed by atoms with Crippen LogP contribution < -0.4 is 10.2 Å². The van der Waals surface area contributed by atoms with E-state index in [1.165, 1.54) is 25.7 Å². The third-order valence-corrected chi connectivity index (χ3v) is 4.96. The van der Waals surface area contributed by atoms with E-state index in [9.17, 15) is 0 Å². The topological polar surface area (TPSA) is 41.1 Å². The van der Waals surface area contributed by atoms with Crippen molar-refractivity contribution in [3.8, 4) is 11.3 Å². The van der Waals surface area contributed by atoms with Crippen LogP contribution in [0.15, 0.2) is 66.7 Å². The molecule has 132 valence electrons. The molecule has 0 saturated heterocycles. The van der Waals surface area contributed by atoms with E-state index >= 15 is 0 Å². The highest BCUT2D eigenvalue weighted by Crippen LogP contribution is 2.28. The number of para-hydroxylation sites is 1. The number of nitrogens with one attached hydrogen (secondary N) is 1. The van der Waals surface area contributed by atoms with Crippen LogP contribution in [0.2, 0.25) is 0 Å². The van der Waals surface area contributed by atoms with Crippen LogP contribution in [-0.4, -0.2) is 23.1 Å². The summed E-state index contributed by atoms with van der Waals surface area (Å²) in [5.74, 6) is 1.61. The highest BCUT2D eigenvalue weighted by Gasteiger charge is 2.17. The van der Waals surface area contributed by atoms with E-state index in [1.807, 2.05) is 43.4 Å². The molecule has 0 amide bonds. The number of hydrogen-bond donors (Lipinski definition) is 1. The largest absolute Gasteiger partial charge is 0.351 e. The van der Waals surface area contributed by atoms with Crippen LogP contribution in [-0.2, 0) is 0 Å². The van der Waals surface area contributed by atoms with E-state index in [0.29, 0.717) is 6.04 Å². The zero-order chi connectivity index (χ0) is 17.8. The lowest BCUT2D eigenvalue weighted by atomic mass is 10.1. The second-order valence-electron chi connectivity index (χ2n) is 6.82. The van der Waals surface area contributed by atoms with Gasteiger partial charge in [0.1, 0.15) is 5.82 Å². The lowest BCUT2D eigenvalue weighted by Gasteiger charge is -2.21. The first-order valence-electron chi connectivity index (χ1n) is 9.29. The molecule has 1 aromatic heterocycles. The van der Waals surface area contributed by atoms with Crippen molar-refractivity contribution in [1.82, 2.24) is 9.97 Å². The lowest BCUT2D eigenvalue weighted by molar-refractivity contribution is 0.744. The Hall–Kier alpha value is -2.88. The predicted molar refractivity (Wildman–Crippen MR) is 108 cm³/mol. The summed E-state index contributed by atoms with van der Waals surface area (Å²) in [6.07, 6.45) is 4.96. The van der Waals surface area contributed by atoms with Gasteiger partial charge in [-0.3, -0.25) is 0 Å². The Balaban J connectivity index is 1.72. The quantitative estimate of drug-likeness (QED) is 0.685. The minimum absolute atomic E-state index is 0.482. The van der Waals surface area contributed by atoms with E-state index in [0.717, 1.165) is 28.7 Å². The Kier molecular flexibility index (Phi) is 4.82. The van der Waals surface area contributed by atoms with Crippen molar-refractivity contribution in [3.05, 3.63) is 66.7 Å². The second kappa shape index (κ2) is 7.56. The van der Waals surface area contributed by atoms with E-state index in [4.69, 9.17) is 9.97 Å². The fourth-order valence-corrected chi connectivity index (χ4v) is 3.46. The number of aromatic nitrogens is 2. The molecule has 0 aliphatic heterocycles. The Morgan fingerprint density at radius 1 is 0.885 bits per heavy atom. The maximum Gasteiger partial charge on any atom is 0.225 e. The smallest absolute Gasteiger partial charge is 0.225 e. The average molecular weight is 344 g/mol. The van der Waals surface area contributed by atoms with Gasteiger partial charge in [-0.25, -0.2) is 4.98 Å². The van der Waals surface area contributed by atoms with Gasteiger partial charge in [-0.05, 0) is 25.0 Å². The Bertz CT molecular complexity index is 843. The van der Waals surface area contributed by atoms with Gasteiger partial charge in [0.05, 0.1) is 5.69 Å². The van der Waals surface area contributed by atoms with Crippen LogP contribution in [0, 0.1) is 0 Å². The molecule has 3 aromatic rings. The summed E-state index contributed by atoms with van der Waals surface area (Å²) < 4.78 is 0. The number of benzene rings is 2. The Labute approximate surface area is 154 Å². The molecule has 0 spiro atoms. The molecule has 26 heavy (non-hydrogen) atoms. The van der Waals surface area contributed by atoms with Crippen molar-refractivity contribution < 1.29 is 0 Å². The van der Waals surface area contributed by atoms with Crippen LogP contribution in [0.25, 0.3) is 11.3 Å². The Morgan fingerprint density at radius 3 is 2.23 bits per heavy atom. The summed E-state index contributed by atoms with van der Waals surface area (Å²) in [7, 11) is 2.05. The van der Waals surface area contributed by atoms with Crippen LogP contribution in [0.3, 0.4) is 0 Å². The zero-order valence-electron chi connectivity index (χ0n) is 15.1. The lowest BCUT2D eigenvalue weighted by Crippen LogP contribution is -2.19. The number of nitrogens with zero attached hydrogens (tertiary/aromatic N) is 3. The molecule has 4 nitrogen and oxygen atoms in total. The van der Waals surface area contributed by atoms with Gasteiger partial charge < -0.3 is 10.2 Å². The fourth-order valence-electron chi connectivity index (χ4n) is 3.46. The van der Waals surface area contributed by atoms with E-state index in [1.54, 1.807) is 0 Å². The van der Waals surface area contributed by atoms with E-state index in [-0.39, 0.29) is 0 Å². The second-order valence-corrected chi connectivity index (χ2v) is 6.82. The van der Waals surface area contributed by atoms with Gasteiger partial charge in [0.25, 0.3) is 0 Å². The van der Waals surface area contributed by atoms with Gasteiger partial charge in [0.2, 0.25) is 5.95 Å². The van der Waals surface area contributed by atoms with Crippen LogP contribution in [0.1, 0.15) is 25.7 Å². The number of rotatable bonds is 5. The number of hydrogen-bond acceptors (Lipinski definition) is 4. The highest BCUT2D eigenvalue weighted by atomic mass is 15.2. The van der Waals surface area contributed by atoms with Gasteiger partial charge in [0.15, 0.2) is 0 Å². The van der Waals surface area contributed by atoms with Crippen molar-refractivity contribution in [1.29, 1.82) is 0 Å². The average Bonchev–Trinajstić information content (AvgIpc) is 3.21. The van der Waals surface area contributed by atoms with Crippen molar-refractivity contribution in [2.45, 2.75) is 31.7 Å². The summed E-state index contributed by atoms with van der Waals surface area (Å²) in [6, 6.07) is 23.1. The molecule has 1 fully saturated rings. The molecule has 4 rings (SSSR count). The monoisotopic (exact) mass is 344 g/mol. The van der Waals surface area contributed by atoms with Crippen molar-refractivity contribution >= 4 is 17.5 Å². The summed E-state index contributed by atoms with van der Waals surface area (Å²) in [5, 5.41) is 3.55. The minimum Gasteiger partial charge on any atom is -0.351 e. The fraction of sp³-hybridized carbons (Fsp3) is 0.273. The van der Waals surface area contributed by atoms with Gasteiger partial charge in [-0.15, -0.1) is 0 Å². The van der Waals surface area contributed by atoms with E-state index in [2.05, 4.69) is 40.5 Å². The van der Waals surface area contributed by atoms with Crippen molar-refractivity contribution in [3.63, 3.8) is 0 Å². The van der Waals surface area contributed by atoms with Crippen molar-refractivity contribution in [2.24, 2.45) is 0 Å². The molecule has 0 atom stereocenters. The first-order valence-corrected chi connectivity index (χ1v) is 9.29. The molecule has 1 aliphatic rings. The molecular weight excluding hydrogens is 320 g/mol. The van der Waals surface area contributed by atoms with Crippen LogP contribution in [0.5, 0.6) is 0 Å². The molecule has 0 unspecified atom stereocenters. The molecule has 0 radical (unpaired) electrons. The summed E-state index contributed by atoms with van der Waals surface area (Å²) in [5.41, 5.74) is 3.16. The van der Waals surface area contributed by atoms with Crippen LogP contribution in [0.4, 0.5) is 17.5 Å². The molecule has 1 aliphatic carbocycles. The Morgan fingerprint density at radius 2 is 1.54 bits per heavy atom. The van der Waals surface area contributed by atoms with Gasteiger partial charge in [-0.1, -0.05) is 61.4 Å². The first kappa shape index (κ1) is 16.6. The summed E-state index contributed by atoms with van der Waals surface area (Å²) in [6.45, 7) is 0. The SMILES string of the molecule is CN(c1ccccc1)c1cc(-c2ccccc2)nc(NC2CCCC2)n1. The normalized spacial score (nSPS) is 14.3. The highest BCUT2D eigenvalue weighted by molar-refractivity contribution is 5.68. The molecule has 0 bridgehead atoms. The molecule has 1 saturated carbocycles. The predicted octanol–water partition coefficient (Wildman–Crippen LogP) is 5.27. The van der Waals surface area contributed by atoms with Crippen molar-refractivity contribution in [2.75, 3.05) is 17.3 Å². The summed E-state index contributed by atoms with van der Waals surface area (Å²) in [4.78, 5) is 11.7. The summed E-state index contributed by atoms with van der Waals surface area (Å²) >= 11 is 0. The van der Waals surface area contributed by atoms with E-state index < -0.39 is 0 Å². The van der Waals surface area contributed by atoms with Gasteiger partial charge in [-0.2, -0.15) is 4.98 Å². The molecule has 1 N–H and O–H groups in total. The first-order chi connectivity index (χ1) is 12.8. The van der Waals surface area contributed by atoms with Gasteiger partial charge in [0, 0.05) is 30.4 Å².